The maximum Gasteiger partial charge on any atom is 0.147 e. The summed E-state index contributed by atoms with van der Waals surface area (Å²) in [4.78, 5) is 2.37. The fourth-order valence-electron chi connectivity index (χ4n) is 8.15. The summed E-state index contributed by atoms with van der Waals surface area (Å²) in [6, 6.07) is 66.7. The van der Waals surface area contributed by atoms with Crippen molar-refractivity contribution in [1.82, 2.24) is 0 Å². The molecule has 0 aliphatic rings. The van der Waals surface area contributed by atoms with Crippen LogP contribution in [-0.4, -0.2) is 0 Å². The summed E-state index contributed by atoms with van der Waals surface area (Å²) in [5, 5.41) is 8.82. The van der Waals surface area contributed by atoms with E-state index >= 15 is 0 Å². The third-order valence-electron chi connectivity index (χ3n) is 10.7. The quantitative estimate of drug-likeness (QED) is 0.182. The van der Waals surface area contributed by atoms with Gasteiger partial charge in [-0.3, -0.25) is 0 Å². The molecule has 0 aliphatic heterocycles. The molecule has 0 N–H and O–H groups in total. The maximum absolute atomic E-state index is 6.84. The second-order valence-electron chi connectivity index (χ2n) is 13.7. The average Bonchev–Trinajstić information content (AvgIpc) is 3.81. The van der Waals surface area contributed by atoms with Gasteiger partial charge in [0, 0.05) is 27.5 Å². The van der Waals surface area contributed by atoms with E-state index in [2.05, 4.69) is 181 Å². The lowest BCUT2D eigenvalue weighted by Gasteiger charge is -2.27. The maximum atomic E-state index is 6.84. The Bertz CT molecular complexity index is 3150. The summed E-state index contributed by atoms with van der Waals surface area (Å²) >= 11 is 0. The molecule has 0 atom stereocenters. The Morgan fingerprint density at radius 1 is 0.340 bits per heavy atom. The normalized spacial score (nSPS) is 11.8. The lowest BCUT2D eigenvalue weighted by Crippen LogP contribution is -2.10. The van der Waals surface area contributed by atoms with Gasteiger partial charge in [0.2, 0.25) is 0 Å². The summed E-state index contributed by atoms with van der Waals surface area (Å²) in [5.74, 6) is 0. The van der Waals surface area contributed by atoms with Crippen LogP contribution >= 0.6 is 0 Å². The molecular weight excluding hydrogens is 647 g/mol. The van der Waals surface area contributed by atoms with Crippen molar-refractivity contribution in [3.8, 4) is 22.3 Å². The molecule has 0 fully saturated rings. The molecule has 3 nitrogen and oxygen atoms in total. The number of furan rings is 2. The van der Waals surface area contributed by atoms with E-state index in [0.29, 0.717) is 0 Å². The van der Waals surface area contributed by atoms with Gasteiger partial charge >= 0.3 is 0 Å². The Balaban J connectivity index is 1.19. The lowest BCUT2D eigenvalue weighted by atomic mass is 9.97. The highest BCUT2D eigenvalue weighted by Gasteiger charge is 2.25. The molecule has 0 amide bonds. The van der Waals surface area contributed by atoms with Crippen LogP contribution in [0.5, 0.6) is 0 Å². The first-order valence-electron chi connectivity index (χ1n) is 18.0. The zero-order valence-electron chi connectivity index (χ0n) is 28.7. The van der Waals surface area contributed by atoms with E-state index in [1.54, 1.807) is 0 Å². The molecule has 9 aromatic carbocycles. The van der Waals surface area contributed by atoms with Crippen LogP contribution in [-0.2, 0) is 0 Å². The number of fused-ring (bicyclic) bond motifs is 10. The number of rotatable bonds is 5. The highest BCUT2D eigenvalue weighted by molar-refractivity contribution is 6.29. The molecule has 2 aromatic heterocycles. The van der Waals surface area contributed by atoms with Crippen LogP contribution in [0, 0.1) is 0 Å². The van der Waals surface area contributed by atoms with Crippen LogP contribution in [0.1, 0.15) is 0 Å². The van der Waals surface area contributed by atoms with E-state index in [-0.39, 0.29) is 0 Å². The number of anilines is 3. The van der Waals surface area contributed by atoms with E-state index in [1.165, 1.54) is 33.0 Å². The van der Waals surface area contributed by atoms with Gasteiger partial charge < -0.3 is 13.7 Å². The van der Waals surface area contributed by atoms with Crippen molar-refractivity contribution in [3.05, 3.63) is 188 Å². The zero-order valence-corrected chi connectivity index (χ0v) is 28.7. The molecule has 0 saturated heterocycles. The first-order valence-corrected chi connectivity index (χ1v) is 18.0. The molecule has 11 rings (SSSR count). The summed E-state index contributed by atoms with van der Waals surface area (Å²) in [6.07, 6.45) is 0. The topological polar surface area (TPSA) is 29.5 Å². The third-order valence-corrected chi connectivity index (χ3v) is 10.7. The van der Waals surface area contributed by atoms with Crippen molar-refractivity contribution in [2.45, 2.75) is 0 Å². The summed E-state index contributed by atoms with van der Waals surface area (Å²) in [6.45, 7) is 0. The first kappa shape index (κ1) is 29.6. The third kappa shape index (κ3) is 4.68. The van der Waals surface area contributed by atoms with Gasteiger partial charge in [0.05, 0.1) is 16.5 Å². The minimum Gasteiger partial charge on any atom is -0.455 e. The van der Waals surface area contributed by atoms with E-state index in [1.807, 2.05) is 12.1 Å². The van der Waals surface area contributed by atoms with Crippen LogP contribution in [0.25, 0.3) is 87.7 Å². The molecular formula is C50H31NO2. The summed E-state index contributed by atoms with van der Waals surface area (Å²) in [7, 11) is 0. The second-order valence-corrected chi connectivity index (χ2v) is 13.7. The lowest BCUT2D eigenvalue weighted by molar-refractivity contribution is 0.665. The van der Waals surface area contributed by atoms with Crippen LogP contribution < -0.4 is 4.90 Å². The Labute approximate surface area is 305 Å². The average molecular weight is 678 g/mol. The van der Waals surface area contributed by atoms with Crippen molar-refractivity contribution >= 4 is 82.5 Å². The van der Waals surface area contributed by atoms with E-state index < -0.39 is 0 Å². The van der Waals surface area contributed by atoms with E-state index in [4.69, 9.17) is 8.83 Å². The molecule has 0 saturated carbocycles. The van der Waals surface area contributed by atoms with Gasteiger partial charge in [-0.15, -0.1) is 0 Å². The highest BCUT2D eigenvalue weighted by atomic mass is 16.3. The molecule has 0 bridgehead atoms. The number of nitrogens with zero attached hydrogens (tertiary/aromatic N) is 1. The predicted octanol–water partition coefficient (Wildman–Crippen LogP) is 14.6. The van der Waals surface area contributed by atoms with Gasteiger partial charge in [0.15, 0.2) is 0 Å². The van der Waals surface area contributed by atoms with Crippen LogP contribution in [0.3, 0.4) is 0 Å². The molecule has 0 radical (unpaired) electrons. The van der Waals surface area contributed by atoms with Crippen LogP contribution in [0.15, 0.2) is 197 Å². The predicted molar refractivity (Wildman–Crippen MR) is 222 cm³/mol. The van der Waals surface area contributed by atoms with E-state index in [0.717, 1.165) is 71.7 Å². The highest BCUT2D eigenvalue weighted by Crippen LogP contribution is 2.49. The number of para-hydroxylation sites is 1. The van der Waals surface area contributed by atoms with Crippen molar-refractivity contribution < 1.29 is 8.83 Å². The minimum absolute atomic E-state index is 0.801. The van der Waals surface area contributed by atoms with Gasteiger partial charge in [0.1, 0.15) is 22.3 Å². The SMILES string of the molecule is c1ccc(-c2ccc(N(c3ccc(-c4cccc5ccccc45)cc3)c3cc4ccccc4c4oc5ccc6c7ccccc7oc6c5c34)cc2)cc1. The molecule has 248 valence electrons. The smallest absolute Gasteiger partial charge is 0.147 e. The fraction of sp³-hybridized carbons (Fsp3) is 0. The molecule has 3 heteroatoms. The monoisotopic (exact) mass is 677 g/mol. The van der Waals surface area contributed by atoms with Crippen molar-refractivity contribution in [3.63, 3.8) is 0 Å². The largest absolute Gasteiger partial charge is 0.455 e. The summed E-state index contributed by atoms with van der Waals surface area (Å²) in [5.41, 5.74) is 11.2. The standard InChI is InChI=1S/C50H31NO2/c1-2-11-32(12-3-1)33-21-25-37(26-22-33)51(38-27-23-35(24-28-38)40-19-10-15-34-13-4-6-16-39(34)40)44-31-36-14-5-7-17-41(36)49-47(44)48-46(53-49)30-29-43-42-18-8-9-20-45(42)52-50(43)48/h1-31H. The number of hydrogen-bond donors (Lipinski definition) is 0. The summed E-state index contributed by atoms with van der Waals surface area (Å²) < 4.78 is 13.5. The molecule has 0 aliphatic carbocycles. The molecule has 0 unspecified atom stereocenters. The Kier molecular flexibility index (Phi) is 6.55. The molecule has 0 spiro atoms. The van der Waals surface area contributed by atoms with Crippen molar-refractivity contribution in [1.29, 1.82) is 0 Å². The van der Waals surface area contributed by atoms with Gasteiger partial charge in [0.25, 0.3) is 0 Å². The van der Waals surface area contributed by atoms with Crippen LogP contribution in [0.2, 0.25) is 0 Å². The Morgan fingerprint density at radius 3 is 1.72 bits per heavy atom. The molecule has 11 aromatic rings. The molecule has 53 heavy (non-hydrogen) atoms. The zero-order chi connectivity index (χ0) is 34.9. The van der Waals surface area contributed by atoms with Gasteiger partial charge in [-0.1, -0.05) is 140 Å². The Hall–Kier alpha value is -7.10. The first-order chi connectivity index (χ1) is 26.3. The number of benzene rings is 9. The second kappa shape index (κ2) is 11.7. The number of hydrogen-bond acceptors (Lipinski definition) is 3. The van der Waals surface area contributed by atoms with Crippen molar-refractivity contribution in [2.24, 2.45) is 0 Å². The van der Waals surface area contributed by atoms with Crippen molar-refractivity contribution in [2.75, 3.05) is 4.90 Å². The van der Waals surface area contributed by atoms with Gasteiger partial charge in [-0.2, -0.15) is 0 Å². The van der Waals surface area contributed by atoms with Gasteiger partial charge in [-0.05, 0) is 86.9 Å². The molecule has 2 heterocycles. The van der Waals surface area contributed by atoms with E-state index in [9.17, 15) is 0 Å². The Morgan fingerprint density at radius 2 is 0.925 bits per heavy atom. The van der Waals surface area contributed by atoms with Gasteiger partial charge in [-0.25, -0.2) is 0 Å². The van der Waals surface area contributed by atoms with Crippen LogP contribution in [0.4, 0.5) is 17.1 Å². The fourth-order valence-corrected chi connectivity index (χ4v) is 8.15. The minimum atomic E-state index is 0.801.